The van der Waals surface area contributed by atoms with Gasteiger partial charge >= 0.3 is 0 Å². The number of nitrogens with zero attached hydrogens (tertiary/aromatic N) is 4. The van der Waals surface area contributed by atoms with E-state index in [0.29, 0.717) is 11.6 Å². The van der Waals surface area contributed by atoms with Crippen LogP contribution in [0.3, 0.4) is 0 Å². The molecule has 1 aliphatic carbocycles. The molecular weight excluding hydrogens is 442 g/mol. The van der Waals surface area contributed by atoms with Gasteiger partial charge in [-0.3, -0.25) is 0 Å². The number of carbonyl (C=O) groups is 1. The van der Waals surface area contributed by atoms with Gasteiger partial charge in [-0.25, -0.2) is 14.5 Å². The van der Waals surface area contributed by atoms with Crippen LogP contribution in [-0.4, -0.2) is 49.6 Å². The van der Waals surface area contributed by atoms with E-state index < -0.39 is 0 Å². The van der Waals surface area contributed by atoms with Crippen molar-refractivity contribution in [2.45, 2.75) is 71.8 Å². The van der Waals surface area contributed by atoms with Gasteiger partial charge in [-0.1, -0.05) is 33.6 Å². The Morgan fingerprint density at radius 1 is 1.26 bits per heavy atom. The van der Waals surface area contributed by atoms with Crippen LogP contribution < -0.4 is 11.5 Å². The van der Waals surface area contributed by atoms with E-state index in [1.165, 1.54) is 26.3 Å². The Kier molecular flexibility index (Phi) is 13.2. The van der Waals surface area contributed by atoms with Crippen LogP contribution in [0.4, 0.5) is 5.69 Å². The lowest BCUT2D eigenvalue weighted by Crippen LogP contribution is -2.13. The number of anilines is 1. The Labute approximate surface area is 208 Å². The van der Waals surface area contributed by atoms with Crippen LogP contribution in [0.2, 0.25) is 0 Å². The SMILES string of the molecule is C=O.CC.CCCC(C)O.CN.Nc1cc(-c2c[nH]c3ncccc23)nn2c(C3CCC3)cnc12. The predicted octanol–water partition coefficient (Wildman–Crippen LogP) is 4.71. The quantitative estimate of drug-likeness (QED) is 0.328. The number of H-pyrrole nitrogens is 1. The molecule has 5 rings (SSSR count). The lowest BCUT2D eigenvalue weighted by Gasteiger charge is -2.24. The van der Waals surface area contributed by atoms with Gasteiger partial charge in [0, 0.05) is 29.3 Å². The summed E-state index contributed by atoms with van der Waals surface area (Å²) in [5.74, 6) is 0.553. The van der Waals surface area contributed by atoms with E-state index in [2.05, 4.69) is 27.6 Å². The van der Waals surface area contributed by atoms with Crippen molar-refractivity contribution in [3.63, 3.8) is 0 Å². The first-order valence-electron chi connectivity index (χ1n) is 12.2. The molecule has 1 atom stereocenters. The van der Waals surface area contributed by atoms with Gasteiger partial charge in [0.15, 0.2) is 5.65 Å². The second-order valence-electron chi connectivity index (χ2n) is 7.77. The van der Waals surface area contributed by atoms with Crippen LogP contribution in [-0.2, 0) is 4.79 Å². The summed E-state index contributed by atoms with van der Waals surface area (Å²) in [5, 5.41) is 14.4. The second-order valence-corrected chi connectivity index (χ2v) is 7.77. The van der Waals surface area contributed by atoms with Crippen molar-refractivity contribution < 1.29 is 9.90 Å². The molecule has 0 spiro atoms. The molecule has 0 aliphatic heterocycles. The van der Waals surface area contributed by atoms with Gasteiger partial charge in [-0.05, 0) is 51.4 Å². The molecule has 192 valence electrons. The lowest BCUT2D eigenvalue weighted by atomic mass is 9.83. The van der Waals surface area contributed by atoms with E-state index in [1.807, 2.05) is 62.7 Å². The molecule has 0 radical (unpaired) electrons. The van der Waals surface area contributed by atoms with Crippen molar-refractivity contribution in [3.8, 4) is 11.3 Å². The monoisotopic (exact) mass is 483 g/mol. The number of hydrogen-bond donors (Lipinski definition) is 4. The summed E-state index contributed by atoms with van der Waals surface area (Å²) in [5.41, 5.74) is 16.0. The molecule has 1 unspecified atom stereocenters. The summed E-state index contributed by atoms with van der Waals surface area (Å²) in [4.78, 5) is 20.0. The number of aliphatic hydroxyl groups excluding tert-OH is 1. The molecule has 35 heavy (non-hydrogen) atoms. The van der Waals surface area contributed by atoms with Gasteiger partial charge in [-0.15, -0.1) is 0 Å². The number of nitrogens with two attached hydrogens (primary N) is 2. The van der Waals surface area contributed by atoms with Crippen molar-refractivity contribution in [1.29, 1.82) is 0 Å². The van der Waals surface area contributed by atoms with Crippen LogP contribution in [0.25, 0.3) is 27.9 Å². The maximum absolute atomic E-state index is 8.55. The second kappa shape index (κ2) is 15.6. The van der Waals surface area contributed by atoms with E-state index in [9.17, 15) is 0 Å². The number of imidazole rings is 1. The molecular formula is C26H41N7O2. The smallest absolute Gasteiger partial charge is 0.177 e. The fourth-order valence-electron chi connectivity index (χ4n) is 3.71. The standard InChI is InChI=1S/C17H16N6.C5H12O.C2H6.CH5N.CH2O/c18-13-7-14(12-8-20-16-11(12)5-2-6-19-16)22-23-15(9-21-17(13)23)10-3-1-4-10;1-3-4-5(2)6;3*1-2/h2,5-10H,1,3-4,18H2,(H,19,20);5-6H,3-4H2,1-2H3;1-2H3;2H2,1H3;1H2. The van der Waals surface area contributed by atoms with E-state index in [-0.39, 0.29) is 6.10 Å². The van der Waals surface area contributed by atoms with Crippen molar-refractivity contribution >= 4 is 29.2 Å². The zero-order valence-corrected chi connectivity index (χ0v) is 21.7. The molecule has 0 amide bonds. The van der Waals surface area contributed by atoms with Crippen LogP contribution in [0.5, 0.6) is 0 Å². The highest BCUT2D eigenvalue weighted by atomic mass is 16.3. The van der Waals surface area contributed by atoms with Gasteiger partial charge in [0.25, 0.3) is 0 Å². The van der Waals surface area contributed by atoms with E-state index in [1.54, 1.807) is 6.20 Å². The average Bonchev–Trinajstić information content (AvgIpc) is 3.47. The number of pyridine rings is 1. The third-order valence-electron chi connectivity index (χ3n) is 5.48. The van der Waals surface area contributed by atoms with Crippen molar-refractivity contribution in [1.82, 2.24) is 24.6 Å². The van der Waals surface area contributed by atoms with Crippen LogP contribution >= 0.6 is 0 Å². The average molecular weight is 484 g/mol. The van der Waals surface area contributed by atoms with Gasteiger partial charge < -0.3 is 26.4 Å². The molecule has 9 heteroatoms. The first-order chi connectivity index (χ1) is 17.1. The maximum atomic E-state index is 8.55. The molecule has 6 N–H and O–H groups in total. The first kappa shape index (κ1) is 29.7. The van der Waals surface area contributed by atoms with Gasteiger partial charge in [-0.2, -0.15) is 5.10 Å². The zero-order chi connectivity index (χ0) is 26.4. The normalized spacial score (nSPS) is 13.0. The summed E-state index contributed by atoms with van der Waals surface area (Å²) in [7, 11) is 1.50. The summed E-state index contributed by atoms with van der Waals surface area (Å²) in [6.45, 7) is 9.87. The molecule has 0 saturated heterocycles. The fourth-order valence-corrected chi connectivity index (χ4v) is 3.71. The summed E-state index contributed by atoms with van der Waals surface area (Å²) >= 11 is 0. The number of nitrogen functional groups attached to an aromatic ring is 1. The Balaban J connectivity index is 0.000000440. The molecule has 0 aromatic carbocycles. The number of aliphatic hydroxyl groups is 1. The highest BCUT2D eigenvalue weighted by Gasteiger charge is 2.24. The maximum Gasteiger partial charge on any atom is 0.177 e. The zero-order valence-electron chi connectivity index (χ0n) is 21.7. The molecule has 4 aromatic rings. The summed E-state index contributed by atoms with van der Waals surface area (Å²) in [6.07, 6.45) is 11.2. The van der Waals surface area contributed by atoms with E-state index in [0.717, 1.165) is 46.5 Å². The Morgan fingerprint density at radius 3 is 2.49 bits per heavy atom. The van der Waals surface area contributed by atoms with Crippen LogP contribution in [0.15, 0.2) is 36.8 Å². The third-order valence-corrected chi connectivity index (χ3v) is 5.48. The summed E-state index contributed by atoms with van der Waals surface area (Å²) < 4.78 is 1.92. The molecule has 4 aromatic heterocycles. The minimum atomic E-state index is -0.102. The fraction of sp³-hybridized carbons (Fsp3) is 0.462. The minimum Gasteiger partial charge on any atom is -0.396 e. The van der Waals surface area contributed by atoms with Crippen molar-refractivity contribution in [3.05, 3.63) is 42.5 Å². The highest BCUT2D eigenvalue weighted by molar-refractivity contribution is 5.93. The van der Waals surface area contributed by atoms with Crippen molar-refractivity contribution in [2.24, 2.45) is 5.73 Å². The number of carbonyl (C=O) groups excluding carboxylic acids is 1. The summed E-state index contributed by atoms with van der Waals surface area (Å²) in [6, 6.07) is 5.86. The minimum absolute atomic E-state index is 0.102. The number of nitrogens with one attached hydrogen (secondary N) is 1. The predicted molar refractivity (Wildman–Crippen MR) is 144 cm³/mol. The van der Waals surface area contributed by atoms with Crippen LogP contribution in [0, 0.1) is 0 Å². The highest BCUT2D eigenvalue weighted by Crippen LogP contribution is 2.37. The van der Waals surface area contributed by atoms with E-state index >= 15 is 0 Å². The van der Waals surface area contributed by atoms with Crippen LogP contribution in [0.1, 0.15) is 71.4 Å². The molecule has 1 aliphatic rings. The molecule has 4 heterocycles. The number of aromatic amines is 1. The van der Waals surface area contributed by atoms with Gasteiger partial charge in [0.1, 0.15) is 12.4 Å². The first-order valence-corrected chi connectivity index (χ1v) is 12.2. The molecule has 0 bridgehead atoms. The Hall–Kier alpha value is -3.30. The van der Waals surface area contributed by atoms with E-state index in [4.69, 9.17) is 20.7 Å². The number of hydrogen-bond acceptors (Lipinski definition) is 7. The topological polar surface area (TPSA) is 148 Å². The molecule has 1 saturated carbocycles. The van der Waals surface area contributed by atoms with Gasteiger partial charge in [0.2, 0.25) is 0 Å². The Bertz CT molecular complexity index is 1130. The lowest BCUT2D eigenvalue weighted by molar-refractivity contribution is -0.0980. The largest absolute Gasteiger partial charge is 0.396 e. The Morgan fingerprint density at radius 2 is 1.94 bits per heavy atom. The molecule has 9 nitrogen and oxygen atoms in total. The molecule has 1 fully saturated rings. The van der Waals surface area contributed by atoms with Gasteiger partial charge in [0.05, 0.1) is 29.4 Å². The third kappa shape index (κ3) is 7.34. The number of rotatable bonds is 4. The number of aromatic nitrogens is 5. The number of fused-ring (bicyclic) bond motifs is 2. The van der Waals surface area contributed by atoms with Crippen molar-refractivity contribution in [2.75, 3.05) is 12.8 Å².